The quantitative estimate of drug-likeness (QED) is 0.682. The number of ether oxygens (including phenoxy) is 1. The minimum atomic E-state index is 0.487. The largest absolute Gasteiger partial charge is 0.377 e. The molecule has 1 heterocycles. The van der Waals surface area contributed by atoms with Gasteiger partial charge < -0.3 is 10.1 Å². The summed E-state index contributed by atoms with van der Waals surface area (Å²) in [7, 11) is 0. The minimum Gasteiger partial charge on any atom is -0.377 e. The predicted molar refractivity (Wildman–Crippen MR) is 51.3 cm³/mol. The predicted octanol–water partition coefficient (Wildman–Crippen LogP) is 1.94. The van der Waals surface area contributed by atoms with E-state index in [9.17, 15) is 0 Å². The zero-order chi connectivity index (χ0) is 8.81. The number of nitrogens with one attached hydrogen (secondary N) is 1. The van der Waals surface area contributed by atoms with Crippen LogP contribution in [0.5, 0.6) is 0 Å². The van der Waals surface area contributed by atoms with Gasteiger partial charge >= 0.3 is 0 Å². The highest BCUT2D eigenvalue weighted by Crippen LogP contribution is 2.14. The lowest BCUT2D eigenvalue weighted by Crippen LogP contribution is -2.21. The molecule has 2 nitrogen and oxygen atoms in total. The Bertz CT molecular complexity index is 116. The minimum absolute atomic E-state index is 0.487. The maximum absolute atomic E-state index is 5.67. The van der Waals surface area contributed by atoms with Crippen molar-refractivity contribution in [3.05, 3.63) is 0 Å². The molecule has 0 amide bonds. The molecule has 1 aliphatic heterocycles. The molecule has 0 spiro atoms. The molecule has 12 heavy (non-hydrogen) atoms. The first kappa shape index (κ1) is 10.0. The van der Waals surface area contributed by atoms with Crippen molar-refractivity contribution in [1.29, 1.82) is 0 Å². The van der Waals surface area contributed by atoms with Crippen LogP contribution in [-0.4, -0.2) is 25.3 Å². The van der Waals surface area contributed by atoms with E-state index in [-0.39, 0.29) is 0 Å². The van der Waals surface area contributed by atoms with Gasteiger partial charge in [0.05, 0.1) is 6.10 Å². The van der Waals surface area contributed by atoms with Crippen LogP contribution >= 0.6 is 0 Å². The first-order valence-corrected chi connectivity index (χ1v) is 5.21. The van der Waals surface area contributed by atoms with Crippen molar-refractivity contribution < 1.29 is 4.74 Å². The first-order chi connectivity index (χ1) is 5.86. The fraction of sp³-hybridized carbons (Fsp3) is 1.00. The molecule has 1 aliphatic rings. The molecule has 1 N–H and O–H groups in total. The molecule has 0 aliphatic carbocycles. The van der Waals surface area contributed by atoms with Crippen molar-refractivity contribution in [2.24, 2.45) is 0 Å². The van der Waals surface area contributed by atoms with Crippen LogP contribution in [-0.2, 0) is 4.74 Å². The van der Waals surface area contributed by atoms with Gasteiger partial charge in [0.25, 0.3) is 0 Å². The third-order valence-electron chi connectivity index (χ3n) is 2.38. The molecule has 1 rings (SSSR count). The zero-order valence-corrected chi connectivity index (χ0v) is 8.31. The van der Waals surface area contributed by atoms with Crippen molar-refractivity contribution in [2.45, 2.75) is 51.7 Å². The Labute approximate surface area is 75.7 Å². The third kappa shape index (κ3) is 3.11. The second-order valence-corrected chi connectivity index (χ2v) is 3.62. The van der Waals surface area contributed by atoms with Gasteiger partial charge in [-0.2, -0.15) is 0 Å². The molecular formula is C10H21NO. The Morgan fingerprint density at radius 2 is 2.17 bits per heavy atom. The van der Waals surface area contributed by atoms with E-state index < -0.39 is 0 Å². The Morgan fingerprint density at radius 1 is 1.33 bits per heavy atom. The van der Waals surface area contributed by atoms with E-state index in [1.54, 1.807) is 0 Å². The van der Waals surface area contributed by atoms with Crippen LogP contribution in [0, 0.1) is 0 Å². The van der Waals surface area contributed by atoms with Gasteiger partial charge in [0.2, 0.25) is 0 Å². The van der Waals surface area contributed by atoms with Gasteiger partial charge in [0.15, 0.2) is 0 Å². The lowest BCUT2D eigenvalue weighted by molar-refractivity contribution is 0.0657. The second-order valence-electron chi connectivity index (χ2n) is 3.62. The van der Waals surface area contributed by atoms with Crippen molar-refractivity contribution >= 4 is 0 Å². The van der Waals surface area contributed by atoms with Crippen molar-refractivity contribution in [2.75, 3.05) is 13.2 Å². The number of hydrogen-bond donors (Lipinski definition) is 1. The highest BCUT2D eigenvalue weighted by molar-refractivity contribution is 4.81. The van der Waals surface area contributed by atoms with Gasteiger partial charge in [-0.3, -0.25) is 0 Å². The van der Waals surface area contributed by atoms with Crippen LogP contribution in [0.4, 0.5) is 0 Å². The van der Waals surface area contributed by atoms with Crippen LogP contribution in [0.1, 0.15) is 39.5 Å². The number of hydrogen-bond acceptors (Lipinski definition) is 2. The number of rotatable bonds is 5. The summed E-state index contributed by atoms with van der Waals surface area (Å²) in [5.74, 6) is 0. The normalized spacial score (nSPS) is 29.5. The van der Waals surface area contributed by atoms with Crippen LogP contribution in [0.25, 0.3) is 0 Å². The highest BCUT2D eigenvalue weighted by atomic mass is 16.5. The van der Waals surface area contributed by atoms with E-state index in [2.05, 4.69) is 19.2 Å². The van der Waals surface area contributed by atoms with Gasteiger partial charge in [-0.15, -0.1) is 0 Å². The lowest BCUT2D eigenvalue weighted by Gasteiger charge is -2.09. The smallest absolute Gasteiger partial charge is 0.0714 e. The SMILES string of the molecule is CCCO[C@H]1CN[C@H](CCC)C1. The zero-order valence-electron chi connectivity index (χ0n) is 8.31. The van der Waals surface area contributed by atoms with E-state index in [4.69, 9.17) is 4.74 Å². The summed E-state index contributed by atoms with van der Waals surface area (Å²) in [6.45, 7) is 6.38. The highest BCUT2D eigenvalue weighted by Gasteiger charge is 2.23. The molecule has 0 radical (unpaired) electrons. The molecule has 1 saturated heterocycles. The molecule has 72 valence electrons. The van der Waals surface area contributed by atoms with Gasteiger partial charge in [-0.1, -0.05) is 20.3 Å². The van der Waals surface area contributed by atoms with Gasteiger partial charge in [0.1, 0.15) is 0 Å². The standard InChI is InChI=1S/C10H21NO/c1-3-5-9-7-10(8-11-9)12-6-4-2/h9-11H,3-8H2,1-2H3/t9-,10-/m1/s1. The van der Waals surface area contributed by atoms with Crippen LogP contribution in [0.2, 0.25) is 0 Å². The maximum atomic E-state index is 5.67. The average molecular weight is 171 g/mol. The molecular weight excluding hydrogens is 150 g/mol. The molecule has 0 bridgehead atoms. The molecule has 0 saturated carbocycles. The maximum Gasteiger partial charge on any atom is 0.0714 e. The Kier molecular flexibility index (Phi) is 4.62. The van der Waals surface area contributed by atoms with Gasteiger partial charge in [0, 0.05) is 19.2 Å². The van der Waals surface area contributed by atoms with Crippen LogP contribution in [0.15, 0.2) is 0 Å². The van der Waals surface area contributed by atoms with Crippen molar-refractivity contribution in [1.82, 2.24) is 5.32 Å². The summed E-state index contributed by atoms with van der Waals surface area (Å²) in [6, 6.07) is 0.719. The summed E-state index contributed by atoms with van der Waals surface area (Å²) in [4.78, 5) is 0. The fourth-order valence-corrected chi connectivity index (χ4v) is 1.76. The second kappa shape index (κ2) is 5.55. The molecule has 2 atom stereocenters. The Morgan fingerprint density at radius 3 is 2.83 bits per heavy atom. The van der Waals surface area contributed by atoms with E-state index in [1.807, 2.05) is 0 Å². The van der Waals surface area contributed by atoms with Gasteiger partial charge in [-0.05, 0) is 19.3 Å². The summed E-state index contributed by atoms with van der Waals surface area (Å²) >= 11 is 0. The topological polar surface area (TPSA) is 21.3 Å². The summed E-state index contributed by atoms with van der Waals surface area (Å²) in [6.07, 6.45) is 5.41. The third-order valence-corrected chi connectivity index (χ3v) is 2.38. The van der Waals surface area contributed by atoms with Crippen molar-refractivity contribution in [3.8, 4) is 0 Å². The van der Waals surface area contributed by atoms with Crippen LogP contribution in [0.3, 0.4) is 0 Å². The van der Waals surface area contributed by atoms with E-state index in [0.29, 0.717) is 6.10 Å². The molecule has 0 unspecified atom stereocenters. The summed E-state index contributed by atoms with van der Waals surface area (Å²) in [5, 5.41) is 3.49. The van der Waals surface area contributed by atoms with Gasteiger partial charge in [-0.25, -0.2) is 0 Å². The van der Waals surface area contributed by atoms with E-state index in [1.165, 1.54) is 19.3 Å². The van der Waals surface area contributed by atoms with E-state index in [0.717, 1.165) is 25.6 Å². The molecule has 0 aromatic heterocycles. The Balaban J connectivity index is 2.08. The summed E-state index contributed by atoms with van der Waals surface area (Å²) < 4.78 is 5.67. The average Bonchev–Trinajstić information content (AvgIpc) is 2.50. The molecule has 0 aromatic carbocycles. The molecule has 2 heteroatoms. The molecule has 0 aromatic rings. The van der Waals surface area contributed by atoms with Crippen LogP contribution < -0.4 is 5.32 Å². The monoisotopic (exact) mass is 171 g/mol. The van der Waals surface area contributed by atoms with E-state index >= 15 is 0 Å². The molecule has 1 fully saturated rings. The summed E-state index contributed by atoms with van der Waals surface area (Å²) in [5.41, 5.74) is 0. The lowest BCUT2D eigenvalue weighted by atomic mass is 10.1. The Hall–Kier alpha value is -0.0800. The fourth-order valence-electron chi connectivity index (χ4n) is 1.76. The van der Waals surface area contributed by atoms with Crippen molar-refractivity contribution in [3.63, 3.8) is 0 Å². The first-order valence-electron chi connectivity index (χ1n) is 5.21.